The van der Waals surface area contributed by atoms with E-state index in [2.05, 4.69) is 0 Å². The maximum Gasteiger partial charge on any atom is 0.243 e. The number of aryl methyl sites for hydroxylation is 1. The van der Waals surface area contributed by atoms with Gasteiger partial charge in [0.2, 0.25) is 10.0 Å². The third-order valence-electron chi connectivity index (χ3n) is 3.26. The van der Waals surface area contributed by atoms with Crippen LogP contribution in [0.15, 0.2) is 17.0 Å². The lowest BCUT2D eigenvalue weighted by Gasteiger charge is -2.21. The van der Waals surface area contributed by atoms with Gasteiger partial charge in [-0.15, -0.1) is 0 Å². The monoisotopic (exact) mass is 286 g/mol. The molecule has 1 aliphatic rings. The summed E-state index contributed by atoms with van der Waals surface area (Å²) in [5.74, 6) is -0.549. The molecule has 2 rings (SSSR count). The predicted molar refractivity (Wildman–Crippen MR) is 72.8 cm³/mol. The highest BCUT2D eigenvalue weighted by Crippen LogP contribution is 2.33. The van der Waals surface area contributed by atoms with Crippen molar-refractivity contribution in [2.75, 3.05) is 12.3 Å². The van der Waals surface area contributed by atoms with E-state index in [4.69, 9.17) is 5.73 Å². The lowest BCUT2D eigenvalue weighted by molar-refractivity contribution is 0.403. The van der Waals surface area contributed by atoms with Crippen molar-refractivity contribution in [3.8, 4) is 0 Å². The summed E-state index contributed by atoms with van der Waals surface area (Å²) in [6.07, 6.45) is 2.55. The molecular formula is C13H19FN2O2S. The summed E-state index contributed by atoms with van der Waals surface area (Å²) in [4.78, 5) is 0.0873. The zero-order chi connectivity index (χ0) is 14.2. The van der Waals surface area contributed by atoms with E-state index in [1.807, 2.05) is 6.92 Å². The molecule has 0 heterocycles. The SMILES string of the molecule is CCCN(C1CC1)S(=O)(=O)c1cc(C)c(F)c(N)c1. The quantitative estimate of drug-likeness (QED) is 0.845. The fraction of sp³-hybridized carbons (Fsp3) is 0.538. The fourth-order valence-corrected chi connectivity index (χ4v) is 4.03. The molecule has 106 valence electrons. The minimum atomic E-state index is -3.58. The standard InChI is InChI=1S/C13H19FN2O2S/c1-3-6-16(10-4-5-10)19(17,18)11-7-9(2)13(14)12(15)8-11/h7-8,10H,3-6,15H2,1-2H3. The van der Waals surface area contributed by atoms with Gasteiger partial charge in [0.1, 0.15) is 5.82 Å². The Morgan fingerprint density at radius 1 is 1.42 bits per heavy atom. The molecule has 2 N–H and O–H groups in total. The van der Waals surface area contributed by atoms with Crippen LogP contribution in [0, 0.1) is 12.7 Å². The number of nitrogen functional groups attached to an aromatic ring is 1. The van der Waals surface area contributed by atoms with Gasteiger partial charge < -0.3 is 5.73 Å². The van der Waals surface area contributed by atoms with Crippen LogP contribution in [-0.2, 0) is 10.0 Å². The summed E-state index contributed by atoms with van der Waals surface area (Å²) in [5, 5.41) is 0. The number of hydrogen-bond donors (Lipinski definition) is 1. The molecule has 0 aliphatic heterocycles. The second kappa shape index (κ2) is 5.09. The zero-order valence-electron chi connectivity index (χ0n) is 11.2. The Balaban J connectivity index is 2.43. The molecule has 0 amide bonds. The van der Waals surface area contributed by atoms with Crippen LogP contribution in [-0.4, -0.2) is 25.3 Å². The molecule has 6 heteroatoms. The number of nitrogens with zero attached hydrogens (tertiary/aromatic N) is 1. The normalized spacial score (nSPS) is 16.0. The molecule has 1 aliphatic carbocycles. The van der Waals surface area contributed by atoms with Crippen LogP contribution >= 0.6 is 0 Å². The highest BCUT2D eigenvalue weighted by Gasteiger charge is 2.37. The van der Waals surface area contributed by atoms with Crippen LogP contribution in [0.2, 0.25) is 0 Å². The van der Waals surface area contributed by atoms with Gasteiger partial charge in [-0.2, -0.15) is 4.31 Å². The maximum absolute atomic E-state index is 13.5. The summed E-state index contributed by atoms with van der Waals surface area (Å²) in [5.41, 5.74) is 5.66. The Labute approximate surface area is 113 Å². The third kappa shape index (κ3) is 2.74. The average molecular weight is 286 g/mol. The average Bonchev–Trinajstić information content (AvgIpc) is 3.16. The largest absolute Gasteiger partial charge is 0.396 e. The van der Waals surface area contributed by atoms with E-state index in [9.17, 15) is 12.8 Å². The molecule has 0 unspecified atom stereocenters. The third-order valence-corrected chi connectivity index (χ3v) is 5.19. The van der Waals surface area contributed by atoms with Gasteiger partial charge in [0.05, 0.1) is 10.6 Å². The van der Waals surface area contributed by atoms with Crippen molar-refractivity contribution in [1.29, 1.82) is 0 Å². The van der Waals surface area contributed by atoms with Crippen molar-refractivity contribution in [2.45, 2.75) is 44.0 Å². The Morgan fingerprint density at radius 3 is 2.53 bits per heavy atom. The highest BCUT2D eigenvalue weighted by molar-refractivity contribution is 7.89. The molecule has 0 aromatic heterocycles. The first kappa shape index (κ1) is 14.3. The highest BCUT2D eigenvalue weighted by atomic mass is 32.2. The number of sulfonamides is 1. The molecule has 1 aromatic carbocycles. The van der Waals surface area contributed by atoms with E-state index < -0.39 is 15.8 Å². The summed E-state index contributed by atoms with van der Waals surface area (Å²) in [7, 11) is -3.58. The fourth-order valence-electron chi connectivity index (χ4n) is 2.13. The van der Waals surface area contributed by atoms with Crippen molar-refractivity contribution in [1.82, 2.24) is 4.31 Å². The Morgan fingerprint density at radius 2 is 2.05 bits per heavy atom. The summed E-state index contributed by atoms with van der Waals surface area (Å²) >= 11 is 0. The number of halogens is 1. The van der Waals surface area contributed by atoms with Crippen LogP contribution in [0.5, 0.6) is 0 Å². The molecule has 19 heavy (non-hydrogen) atoms. The van der Waals surface area contributed by atoms with Crippen molar-refractivity contribution in [3.05, 3.63) is 23.5 Å². The molecule has 1 fully saturated rings. The molecule has 4 nitrogen and oxygen atoms in total. The number of nitrogens with two attached hydrogens (primary N) is 1. The minimum Gasteiger partial charge on any atom is -0.396 e. The number of rotatable bonds is 5. The number of anilines is 1. The van der Waals surface area contributed by atoms with Gasteiger partial charge in [0.25, 0.3) is 0 Å². The molecule has 1 aromatic rings. The van der Waals surface area contributed by atoms with Gasteiger partial charge in [-0.1, -0.05) is 6.92 Å². The van der Waals surface area contributed by atoms with Crippen LogP contribution in [0.25, 0.3) is 0 Å². The van der Waals surface area contributed by atoms with Gasteiger partial charge in [0, 0.05) is 12.6 Å². The zero-order valence-corrected chi connectivity index (χ0v) is 12.0. The van der Waals surface area contributed by atoms with E-state index in [0.29, 0.717) is 6.54 Å². The second-order valence-electron chi connectivity index (χ2n) is 4.99. The Bertz CT molecular complexity index is 559. The van der Waals surface area contributed by atoms with Gasteiger partial charge in [-0.3, -0.25) is 0 Å². The van der Waals surface area contributed by atoms with Crippen molar-refractivity contribution in [3.63, 3.8) is 0 Å². The minimum absolute atomic E-state index is 0.0873. The van der Waals surface area contributed by atoms with Crippen molar-refractivity contribution in [2.24, 2.45) is 0 Å². The van der Waals surface area contributed by atoms with Crippen LogP contribution in [0.4, 0.5) is 10.1 Å². The summed E-state index contributed by atoms with van der Waals surface area (Å²) in [6.45, 7) is 3.95. The van der Waals surface area contributed by atoms with E-state index in [1.54, 1.807) is 0 Å². The van der Waals surface area contributed by atoms with E-state index >= 15 is 0 Å². The Kier molecular flexibility index (Phi) is 3.82. The lowest BCUT2D eigenvalue weighted by atomic mass is 10.2. The smallest absolute Gasteiger partial charge is 0.243 e. The first-order chi connectivity index (χ1) is 8.87. The van der Waals surface area contributed by atoms with Crippen molar-refractivity contribution < 1.29 is 12.8 Å². The van der Waals surface area contributed by atoms with Crippen molar-refractivity contribution >= 4 is 15.7 Å². The first-order valence-electron chi connectivity index (χ1n) is 6.45. The molecule has 0 atom stereocenters. The number of hydrogen-bond acceptors (Lipinski definition) is 3. The van der Waals surface area contributed by atoms with Gasteiger partial charge in [-0.05, 0) is 43.9 Å². The Hall–Kier alpha value is -1.14. The van der Waals surface area contributed by atoms with Gasteiger partial charge in [0.15, 0.2) is 0 Å². The van der Waals surface area contributed by atoms with Crippen LogP contribution < -0.4 is 5.73 Å². The van der Waals surface area contributed by atoms with Crippen LogP contribution in [0.3, 0.4) is 0 Å². The van der Waals surface area contributed by atoms with Gasteiger partial charge in [-0.25, -0.2) is 12.8 Å². The van der Waals surface area contributed by atoms with Gasteiger partial charge >= 0.3 is 0 Å². The molecular weight excluding hydrogens is 267 g/mol. The maximum atomic E-state index is 13.5. The predicted octanol–water partition coefficient (Wildman–Crippen LogP) is 2.28. The molecule has 1 saturated carbocycles. The lowest BCUT2D eigenvalue weighted by Crippen LogP contribution is -2.34. The first-order valence-corrected chi connectivity index (χ1v) is 7.89. The van der Waals surface area contributed by atoms with Crippen LogP contribution in [0.1, 0.15) is 31.7 Å². The second-order valence-corrected chi connectivity index (χ2v) is 6.88. The molecule has 0 radical (unpaired) electrons. The summed E-state index contributed by atoms with van der Waals surface area (Å²) < 4.78 is 40.1. The van der Waals surface area contributed by atoms with E-state index in [-0.39, 0.29) is 22.2 Å². The van der Waals surface area contributed by atoms with E-state index in [1.165, 1.54) is 23.4 Å². The molecule has 0 bridgehead atoms. The summed E-state index contributed by atoms with van der Waals surface area (Å²) in [6, 6.07) is 2.66. The topological polar surface area (TPSA) is 63.4 Å². The van der Waals surface area contributed by atoms with E-state index in [0.717, 1.165) is 19.3 Å². The number of benzene rings is 1. The molecule has 0 saturated heterocycles. The molecule has 0 spiro atoms.